The van der Waals surface area contributed by atoms with Gasteiger partial charge in [0.2, 0.25) is 5.69 Å². The normalized spacial score (nSPS) is 10.8. The molecular weight excluding hydrogens is 516 g/mol. The Labute approximate surface area is 242 Å². The molecule has 42 heavy (non-hydrogen) atoms. The van der Waals surface area contributed by atoms with Crippen LogP contribution in [-0.4, -0.2) is 19.9 Å². The van der Waals surface area contributed by atoms with Gasteiger partial charge in [0.15, 0.2) is 0 Å². The summed E-state index contributed by atoms with van der Waals surface area (Å²) in [6.45, 7) is 7.38. The number of aromatic nitrogens is 4. The zero-order chi connectivity index (χ0) is 28.5. The van der Waals surface area contributed by atoms with Crippen LogP contribution in [-0.2, 0) is 0 Å². The second kappa shape index (κ2) is 10.4. The van der Waals surface area contributed by atoms with Crippen LogP contribution in [0.3, 0.4) is 0 Å². The third kappa shape index (κ3) is 4.30. The Morgan fingerprint density at radius 2 is 1.02 bits per heavy atom. The summed E-state index contributed by atoms with van der Waals surface area (Å²) in [6.07, 6.45) is 6.57. The quantitative estimate of drug-likeness (QED) is 0.166. The van der Waals surface area contributed by atoms with Crippen molar-refractivity contribution in [2.24, 2.45) is 0 Å². The molecule has 194 valence electrons. The lowest BCUT2D eigenvalue weighted by molar-refractivity contribution is 1.27. The fourth-order valence-electron chi connectivity index (χ4n) is 5.42. The van der Waals surface area contributed by atoms with E-state index in [2.05, 4.69) is 45.1 Å². The lowest BCUT2D eigenvalue weighted by Gasteiger charge is -2.17. The topological polar surface area (TPSA) is 79.7 Å². The number of benzene rings is 3. The molecule has 0 aliphatic heterocycles. The molecule has 7 rings (SSSR count). The van der Waals surface area contributed by atoms with Crippen LogP contribution in [0.2, 0.25) is 0 Å². The van der Waals surface area contributed by atoms with E-state index in [1.807, 2.05) is 66.7 Å². The minimum absolute atomic E-state index is 0.477. The predicted molar refractivity (Wildman–Crippen MR) is 165 cm³/mol. The van der Waals surface area contributed by atoms with Crippen molar-refractivity contribution in [3.8, 4) is 51.1 Å². The van der Waals surface area contributed by atoms with E-state index in [-0.39, 0.29) is 0 Å². The van der Waals surface area contributed by atoms with Crippen molar-refractivity contribution in [3.63, 3.8) is 0 Å². The molecule has 0 atom stereocenters. The molecule has 4 aromatic heterocycles. The molecular formula is C36H20N6. The van der Waals surface area contributed by atoms with Crippen LogP contribution < -0.4 is 0 Å². The Morgan fingerprint density at radius 1 is 0.548 bits per heavy atom. The highest BCUT2D eigenvalue weighted by molar-refractivity contribution is 6.20. The number of nitriles is 1. The van der Waals surface area contributed by atoms with Crippen LogP contribution in [0.5, 0.6) is 0 Å². The Bertz CT molecular complexity index is 2020. The van der Waals surface area contributed by atoms with E-state index in [0.29, 0.717) is 11.3 Å². The van der Waals surface area contributed by atoms with Crippen LogP contribution in [0.1, 0.15) is 5.56 Å². The molecule has 0 unspecified atom stereocenters. The van der Waals surface area contributed by atoms with Crippen LogP contribution >= 0.6 is 0 Å². The molecule has 0 spiro atoms. The van der Waals surface area contributed by atoms with Crippen molar-refractivity contribution in [2.45, 2.75) is 0 Å². The second-order valence-corrected chi connectivity index (χ2v) is 9.78. The van der Waals surface area contributed by atoms with Gasteiger partial charge in [-0.1, -0.05) is 60.7 Å². The van der Waals surface area contributed by atoms with Crippen molar-refractivity contribution in [1.82, 2.24) is 19.9 Å². The van der Waals surface area contributed by atoms with Crippen LogP contribution in [0, 0.1) is 17.9 Å². The molecule has 0 bridgehead atoms. The number of rotatable bonds is 4. The summed E-state index contributed by atoms with van der Waals surface area (Å²) in [5.41, 5.74) is 7.79. The van der Waals surface area contributed by atoms with Gasteiger partial charge in [0.1, 0.15) is 6.07 Å². The highest BCUT2D eigenvalue weighted by Crippen LogP contribution is 2.43. The highest BCUT2D eigenvalue weighted by atomic mass is 14.8. The number of nitrogens with zero attached hydrogens (tertiary/aromatic N) is 6. The monoisotopic (exact) mass is 536 g/mol. The van der Waals surface area contributed by atoms with Gasteiger partial charge in [0, 0.05) is 47.0 Å². The average Bonchev–Trinajstić information content (AvgIpc) is 3.07. The van der Waals surface area contributed by atoms with Gasteiger partial charge in [-0.15, -0.1) is 0 Å². The molecule has 0 fully saturated rings. The van der Waals surface area contributed by atoms with E-state index >= 15 is 0 Å². The summed E-state index contributed by atoms with van der Waals surface area (Å²) in [6, 6.07) is 34.4. The van der Waals surface area contributed by atoms with Crippen LogP contribution in [0.25, 0.3) is 71.4 Å². The van der Waals surface area contributed by atoms with Gasteiger partial charge in [0.25, 0.3) is 0 Å². The number of fused-ring (bicyclic) bond motifs is 2. The number of hydrogen-bond acceptors (Lipinski definition) is 5. The van der Waals surface area contributed by atoms with Crippen LogP contribution in [0.4, 0.5) is 5.69 Å². The van der Waals surface area contributed by atoms with Crippen molar-refractivity contribution < 1.29 is 0 Å². The van der Waals surface area contributed by atoms with Crippen molar-refractivity contribution in [1.29, 1.82) is 5.26 Å². The van der Waals surface area contributed by atoms with E-state index in [0.717, 1.165) is 66.6 Å². The van der Waals surface area contributed by atoms with Crippen molar-refractivity contribution in [2.75, 3.05) is 0 Å². The second-order valence-electron chi connectivity index (χ2n) is 9.78. The van der Waals surface area contributed by atoms with Gasteiger partial charge < -0.3 is 0 Å². The first-order chi connectivity index (χ1) is 20.7. The van der Waals surface area contributed by atoms with E-state index in [9.17, 15) is 5.26 Å². The summed E-state index contributed by atoms with van der Waals surface area (Å²) in [7, 11) is 0. The summed E-state index contributed by atoms with van der Waals surface area (Å²) < 4.78 is 0. The average molecular weight is 537 g/mol. The fraction of sp³-hybridized carbons (Fsp3) is 0. The summed E-state index contributed by atoms with van der Waals surface area (Å²) >= 11 is 0. The fourth-order valence-corrected chi connectivity index (χ4v) is 5.42. The van der Waals surface area contributed by atoms with E-state index < -0.39 is 0 Å². The molecule has 0 aliphatic carbocycles. The minimum atomic E-state index is 0.477. The molecule has 0 saturated carbocycles. The molecule has 0 amide bonds. The third-order valence-electron chi connectivity index (χ3n) is 7.25. The Hall–Kier alpha value is -6.24. The van der Waals surface area contributed by atoms with Gasteiger partial charge in [-0.3, -0.25) is 9.97 Å². The van der Waals surface area contributed by atoms with E-state index in [4.69, 9.17) is 16.5 Å². The maximum Gasteiger partial charge on any atom is 0.205 e. The van der Waals surface area contributed by atoms with Gasteiger partial charge in [-0.05, 0) is 57.9 Å². The van der Waals surface area contributed by atoms with Gasteiger partial charge in [-0.25, -0.2) is 14.8 Å². The molecule has 6 heteroatoms. The molecule has 0 N–H and O–H groups in total. The lowest BCUT2D eigenvalue weighted by Crippen LogP contribution is -1.95. The molecule has 0 saturated heterocycles. The van der Waals surface area contributed by atoms with E-state index in [1.54, 1.807) is 30.9 Å². The first kappa shape index (κ1) is 24.8. The Balaban J connectivity index is 1.47. The Kier molecular flexibility index (Phi) is 6.13. The van der Waals surface area contributed by atoms with Gasteiger partial charge in [-0.2, -0.15) is 5.26 Å². The largest absolute Gasteiger partial charge is 0.276 e. The minimum Gasteiger partial charge on any atom is -0.276 e. The van der Waals surface area contributed by atoms with Crippen LogP contribution in [0.15, 0.2) is 122 Å². The number of pyridine rings is 4. The molecule has 0 radical (unpaired) electrons. The number of hydrogen-bond donors (Lipinski definition) is 0. The zero-order valence-electron chi connectivity index (χ0n) is 22.2. The SMILES string of the molecule is [C-]#[N+]c1cncc(-c2cccc(-c3c4ccccc4c(-c4cccc(-c5cncc(C#N)c5)n4)c4ccccc34)n2)c1. The summed E-state index contributed by atoms with van der Waals surface area (Å²) in [4.78, 5) is 22.1. The molecule has 0 aliphatic rings. The zero-order valence-corrected chi connectivity index (χ0v) is 22.2. The molecule has 7 aromatic rings. The van der Waals surface area contributed by atoms with Gasteiger partial charge in [0.05, 0.1) is 34.9 Å². The summed E-state index contributed by atoms with van der Waals surface area (Å²) in [5.74, 6) is 0. The van der Waals surface area contributed by atoms with E-state index in [1.165, 1.54) is 0 Å². The molecule has 6 nitrogen and oxygen atoms in total. The smallest absolute Gasteiger partial charge is 0.205 e. The third-order valence-corrected chi connectivity index (χ3v) is 7.25. The maximum atomic E-state index is 9.37. The Morgan fingerprint density at radius 3 is 1.52 bits per heavy atom. The maximum absolute atomic E-state index is 9.37. The first-order valence-corrected chi connectivity index (χ1v) is 13.3. The van der Waals surface area contributed by atoms with Gasteiger partial charge >= 0.3 is 0 Å². The van der Waals surface area contributed by atoms with Crippen molar-refractivity contribution >= 4 is 27.2 Å². The van der Waals surface area contributed by atoms with Crippen molar-refractivity contribution in [3.05, 3.63) is 139 Å². The predicted octanol–water partition coefficient (Wildman–Crippen LogP) is 8.66. The lowest BCUT2D eigenvalue weighted by atomic mass is 9.88. The molecule has 4 heterocycles. The molecule has 3 aromatic carbocycles. The standard InChI is InChI=1S/C36H20N6/c1-38-26-17-25(21-40-22-26)32-13-7-15-34(42-32)36-29-10-4-2-8-27(29)35(28-9-3-5-11-30(28)36)33-14-6-12-31(41-33)24-16-23(18-37)19-39-20-24/h2-17,19-22H. The summed E-state index contributed by atoms with van der Waals surface area (Å²) in [5, 5.41) is 13.6. The highest BCUT2D eigenvalue weighted by Gasteiger charge is 2.18. The first-order valence-electron chi connectivity index (χ1n) is 13.3.